The maximum Gasteiger partial charge on any atom is 0.254 e. The zero-order chi connectivity index (χ0) is 35.1. The number of phenols is 1. The fourth-order valence-corrected chi connectivity index (χ4v) is 6.66. The van der Waals surface area contributed by atoms with Crippen LogP contribution in [0.3, 0.4) is 0 Å². The lowest BCUT2D eigenvalue weighted by Crippen LogP contribution is -2.48. The first-order chi connectivity index (χ1) is 23.7. The van der Waals surface area contributed by atoms with Crippen molar-refractivity contribution in [1.82, 2.24) is 9.80 Å². The topological polar surface area (TPSA) is 67.3 Å². The minimum absolute atomic E-state index is 0.0396. The van der Waals surface area contributed by atoms with Crippen molar-refractivity contribution < 1.29 is 14.7 Å². The Morgan fingerprint density at radius 2 is 1.10 bits per heavy atom. The van der Waals surface area contributed by atoms with Crippen LogP contribution in [0.15, 0.2) is 104 Å². The van der Waals surface area contributed by atoms with Gasteiger partial charge in [0.25, 0.3) is 5.91 Å². The minimum atomic E-state index is -0.0787. The SMILES string of the molecule is C=C(c1ccc(N(CC)CC)cc1O)c1ccccc1C(=O)N1CCN(C(=C)c2ccccc2C(=O)c2ccc(N(CC)CC)cc2)CC1. The average molecular weight is 657 g/mol. The lowest BCUT2D eigenvalue weighted by Gasteiger charge is -2.37. The molecule has 7 nitrogen and oxygen atoms in total. The molecule has 1 fully saturated rings. The molecule has 0 spiro atoms. The molecule has 1 N–H and O–H groups in total. The van der Waals surface area contributed by atoms with Gasteiger partial charge < -0.3 is 24.7 Å². The van der Waals surface area contributed by atoms with E-state index in [1.807, 2.05) is 89.8 Å². The third-order valence-electron chi connectivity index (χ3n) is 9.61. The molecule has 5 rings (SSSR count). The normalized spacial score (nSPS) is 12.8. The molecule has 7 heteroatoms. The van der Waals surface area contributed by atoms with Crippen molar-refractivity contribution >= 4 is 34.3 Å². The molecule has 4 aromatic carbocycles. The number of hydrogen-bond donors (Lipinski definition) is 1. The summed E-state index contributed by atoms with van der Waals surface area (Å²) in [4.78, 5) is 36.1. The first-order valence-corrected chi connectivity index (χ1v) is 17.3. The molecule has 49 heavy (non-hydrogen) atoms. The van der Waals surface area contributed by atoms with Gasteiger partial charge in [-0.05, 0) is 81.3 Å². The minimum Gasteiger partial charge on any atom is -0.507 e. The molecule has 4 aromatic rings. The molecule has 0 aromatic heterocycles. The summed E-state index contributed by atoms with van der Waals surface area (Å²) in [5.41, 5.74) is 7.32. The van der Waals surface area contributed by atoms with Crippen LogP contribution >= 0.6 is 0 Å². The van der Waals surface area contributed by atoms with Gasteiger partial charge in [-0.2, -0.15) is 0 Å². The second-order valence-electron chi connectivity index (χ2n) is 12.2. The molecule has 1 aliphatic heterocycles. The number of hydrogen-bond acceptors (Lipinski definition) is 6. The van der Waals surface area contributed by atoms with E-state index in [4.69, 9.17) is 0 Å². The van der Waals surface area contributed by atoms with E-state index in [-0.39, 0.29) is 17.4 Å². The maximum atomic E-state index is 13.9. The van der Waals surface area contributed by atoms with Gasteiger partial charge in [-0.15, -0.1) is 0 Å². The monoisotopic (exact) mass is 656 g/mol. The fraction of sp³-hybridized carbons (Fsp3) is 0.286. The highest BCUT2D eigenvalue weighted by Crippen LogP contribution is 2.34. The number of anilines is 2. The Hall–Kier alpha value is -5.30. The number of carbonyl (C=O) groups excluding carboxylic acids is 2. The van der Waals surface area contributed by atoms with Crippen molar-refractivity contribution in [1.29, 1.82) is 0 Å². The number of benzene rings is 4. The highest BCUT2D eigenvalue weighted by atomic mass is 16.3. The standard InChI is InChI=1S/C42H48N4O3/c1-7-43(8-2)33-21-19-32(20-22-33)41(48)38-17-13-12-16-37(38)31(6)45-25-27-46(28-26-45)42(49)39-18-14-11-15-35(39)30(5)36-24-23-34(29-40(36)47)44(9-3)10-4/h11-24,29,47H,5-10,25-28H2,1-4H3. The summed E-state index contributed by atoms with van der Waals surface area (Å²) in [6.45, 7) is 22.8. The van der Waals surface area contributed by atoms with Gasteiger partial charge in [0.15, 0.2) is 5.78 Å². The number of ketones is 1. The molecule has 0 radical (unpaired) electrons. The van der Waals surface area contributed by atoms with Crippen molar-refractivity contribution in [3.63, 3.8) is 0 Å². The van der Waals surface area contributed by atoms with Crippen LogP contribution in [0.4, 0.5) is 11.4 Å². The quantitative estimate of drug-likeness (QED) is 0.148. The van der Waals surface area contributed by atoms with Gasteiger partial charge >= 0.3 is 0 Å². The number of amides is 1. The predicted octanol–water partition coefficient (Wildman–Crippen LogP) is 7.81. The number of carbonyl (C=O) groups is 2. The van der Waals surface area contributed by atoms with Crippen molar-refractivity contribution in [2.75, 3.05) is 62.2 Å². The van der Waals surface area contributed by atoms with Crippen molar-refractivity contribution in [3.8, 4) is 5.75 Å². The van der Waals surface area contributed by atoms with Gasteiger partial charge in [0.1, 0.15) is 5.75 Å². The second kappa shape index (κ2) is 15.7. The van der Waals surface area contributed by atoms with Crippen LogP contribution in [0.1, 0.15) is 70.7 Å². The van der Waals surface area contributed by atoms with E-state index >= 15 is 0 Å². The zero-order valence-electron chi connectivity index (χ0n) is 29.3. The van der Waals surface area contributed by atoms with Crippen LogP contribution in [0.5, 0.6) is 5.75 Å². The van der Waals surface area contributed by atoms with E-state index < -0.39 is 0 Å². The van der Waals surface area contributed by atoms with E-state index in [0.717, 1.165) is 48.8 Å². The molecule has 1 aliphatic rings. The average Bonchev–Trinajstić information content (AvgIpc) is 3.15. The Morgan fingerprint density at radius 1 is 0.612 bits per heavy atom. The van der Waals surface area contributed by atoms with Crippen LogP contribution in [0.25, 0.3) is 11.3 Å². The molecule has 0 atom stereocenters. The molecular weight excluding hydrogens is 608 g/mol. The number of aromatic hydroxyl groups is 1. The first-order valence-electron chi connectivity index (χ1n) is 17.3. The Kier molecular flexibility index (Phi) is 11.2. The Bertz CT molecular complexity index is 1810. The smallest absolute Gasteiger partial charge is 0.254 e. The number of rotatable bonds is 13. The zero-order valence-corrected chi connectivity index (χ0v) is 29.3. The third kappa shape index (κ3) is 7.41. The van der Waals surface area contributed by atoms with Crippen molar-refractivity contribution in [2.24, 2.45) is 0 Å². The van der Waals surface area contributed by atoms with Gasteiger partial charge in [-0.1, -0.05) is 55.6 Å². The summed E-state index contributed by atoms with van der Waals surface area (Å²) >= 11 is 0. The summed E-state index contributed by atoms with van der Waals surface area (Å²) in [5, 5.41) is 11.0. The summed E-state index contributed by atoms with van der Waals surface area (Å²) in [5.74, 6) is 0.0198. The largest absolute Gasteiger partial charge is 0.507 e. The summed E-state index contributed by atoms with van der Waals surface area (Å²) in [7, 11) is 0. The van der Waals surface area contributed by atoms with Gasteiger partial charge in [-0.25, -0.2) is 0 Å². The molecule has 1 heterocycles. The molecular formula is C42H48N4O3. The Labute approximate surface area is 291 Å². The second-order valence-corrected chi connectivity index (χ2v) is 12.2. The fourth-order valence-electron chi connectivity index (χ4n) is 6.66. The lowest BCUT2D eigenvalue weighted by molar-refractivity contribution is 0.0686. The highest BCUT2D eigenvalue weighted by Gasteiger charge is 2.27. The number of piperazine rings is 1. The maximum absolute atomic E-state index is 13.9. The first kappa shape index (κ1) is 35.0. The van der Waals surface area contributed by atoms with Crippen molar-refractivity contribution in [3.05, 3.63) is 138 Å². The molecule has 254 valence electrons. The van der Waals surface area contributed by atoms with Gasteiger partial charge in [-0.3, -0.25) is 9.59 Å². The Balaban J connectivity index is 1.28. The molecule has 1 amide bonds. The van der Waals surface area contributed by atoms with Gasteiger partial charge in [0, 0.05) is 103 Å². The van der Waals surface area contributed by atoms with Crippen LogP contribution in [0, 0.1) is 0 Å². The Morgan fingerprint density at radius 3 is 1.67 bits per heavy atom. The molecule has 0 saturated carbocycles. The highest BCUT2D eigenvalue weighted by molar-refractivity contribution is 6.11. The van der Waals surface area contributed by atoms with Crippen LogP contribution in [-0.4, -0.2) is 79.0 Å². The van der Waals surface area contributed by atoms with Crippen molar-refractivity contribution in [2.45, 2.75) is 27.7 Å². The van der Waals surface area contributed by atoms with Crippen LogP contribution < -0.4 is 9.80 Å². The summed E-state index contributed by atoms with van der Waals surface area (Å²) in [6.07, 6.45) is 0. The van der Waals surface area contributed by atoms with E-state index in [1.54, 1.807) is 6.07 Å². The molecule has 0 bridgehead atoms. The van der Waals surface area contributed by atoms with Gasteiger partial charge in [0.2, 0.25) is 0 Å². The molecule has 1 saturated heterocycles. The van der Waals surface area contributed by atoms with Crippen LogP contribution in [0.2, 0.25) is 0 Å². The molecule has 0 unspecified atom stereocenters. The third-order valence-corrected chi connectivity index (χ3v) is 9.61. The predicted molar refractivity (Wildman–Crippen MR) is 203 cm³/mol. The number of nitrogens with zero attached hydrogens (tertiary/aromatic N) is 4. The number of phenolic OH excluding ortho intramolecular Hbond substituents is 1. The van der Waals surface area contributed by atoms with E-state index in [9.17, 15) is 14.7 Å². The van der Waals surface area contributed by atoms with E-state index in [1.165, 1.54) is 0 Å². The summed E-state index contributed by atoms with van der Waals surface area (Å²) < 4.78 is 0. The van der Waals surface area contributed by atoms with Gasteiger partial charge in [0.05, 0.1) is 0 Å². The lowest BCUT2D eigenvalue weighted by atomic mass is 9.93. The van der Waals surface area contributed by atoms with E-state index in [0.29, 0.717) is 59.6 Å². The molecule has 0 aliphatic carbocycles. The van der Waals surface area contributed by atoms with Crippen LogP contribution in [-0.2, 0) is 0 Å². The van der Waals surface area contributed by atoms with E-state index in [2.05, 4.69) is 55.6 Å². The summed E-state index contributed by atoms with van der Waals surface area (Å²) in [6, 6.07) is 28.5.